The molecule has 0 saturated heterocycles. The van der Waals surface area contributed by atoms with Crippen LogP contribution in [-0.2, 0) is 9.59 Å². The van der Waals surface area contributed by atoms with E-state index < -0.39 is 0 Å². The lowest BCUT2D eigenvalue weighted by molar-refractivity contribution is -0.119. The van der Waals surface area contributed by atoms with Gasteiger partial charge in [0.05, 0.1) is 0 Å². The first-order valence-corrected chi connectivity index (χ1v) is 2.79. The Hall–Kier alpha value is -0.0200. The van der Waals surface area contributed by atoms with Crippen LogP contribution in [-0.4, -0.2) is 10.9 Å². The minimum absolute atomic E-state index is 0. The molecule has 0 radical (unpaired) electrons. The lowest BCUT2D eigenvalue weighted by Gasteiger charge is -1.86. The third-order valence-electron chi connectivity index (χ3n) is 0.691. The number of halogens is 1. The number of ketones is 1. The second-order valence-electron chi connectivity index (χ2n) is 1.60. The number of carbonyl (C=O) groups excluding carboxylic acids is 2. The van der Waals surface area contributed by atoms with Crippen molar-refractivity contribution in [1.82, 2.24) is 0 Å². The second kappa shape index (κ2) is 6.11. The van der Waals surface area contributed by atoms with Crippen molar-refractivity contribution in [2.24, 2.45) is 0 Å². The fourth-order valence-corrected chi connectivity index (χ4v) is 0.395. The van der Waals surface area contributed by atoms with Crippen molar-refractivity contribution in [1.29, 1.82) is 0 Å². The maximum atomic E-state index is 10.2. The molecule has 0 unspecified atom stereocenters. The fourth-order valence-electron chi connectivity index (χ4n) is 0.283. The first kappa shape index (κ1) is 11.7. The number of carbonyl (C=O) groups is 2. The topological polar surface area (TPSA) is 34.1 Å². The lowest BCUT2D eigenvalue weighted by Crippen LogP contribution is -1.93. The molecule has 9 heavy (non-hydrogen) atoms. The van der Waals surface area contributed by atoms with Gasteiger partial charge in [0, 0.05) is 12.8 Å². The van der Waals surface area contributed by atoms with Crippen LogP contribution in [0.1, 0.15) is 19.8 Å². The smallest absolute Gasteiger partial charge is 0.186 e. The van der Waals surface area contributed by atoms with Gasteiger partial charge in [-0.15, -0.1) is 25.0 Å². The van der Waals surface area contributed by atoms with Gasteiger partial charge >= 0.3 is 0 Å². The molecule has 54 valence electrons. The Bertz CT molecular complexity index is 99.5. The molecule has 2 nitrogen and oxygen atoms in total. The molecule has 0 bridgehead atoms. The van der Waals surface area contributed by atoms with Crippen molar-refractivity contribution >= 4 is 35.9 Å². The molecule has 0 heterocycles. The number of Topliss-reactive ketones (excluding diaryl/α,β-unsaturated/α-hetero) is 1. The second-order valence-corrected chi connectivity index (χ2v) is 2.09. The average Bonchev–Trinajstić information content (AvgIpc) is 1.61. The molecule has 0 amide bonds. The van der Waals surface area contributed by atoms with Crippen LogP contribution in [0.15, 0.2) is 0 Å². The van der Waals surface area contributed by atoms with Gasteiger partial charge in [-0.3, -0.25) is 4.79 Å². The highest BCUT2D eigenvalue weighted by atomic mass is 35.5. The highest BCUT2D eigenvalue weighted by Crippen LogP contribution is 1.93. The molecule has 0 atom stereocenters. The van der Waals surface area contributed by atoms with E-state index in [2.05, 4.69) is 12.6 Å². The van der Waals surface area contributed by atoms with E-state index in [1.807, 2.05) is 0 Å². The summed E-state index contributed by atoms with van der Waals surface area (Å²) < 4.78 is 0. The Labute approximate surface area is 65.8 Å². The SMILES string of the molecule is CC(=O)CCC(=O)S.Cl. The average molecular weight is 169 g/mol. The first-order valence-electron chi connectivity index (χ1n) is 2.34. The largest absolute Gasteiger partial charge is 0.300 e. The standard InChI is InChI=1S/C5H8O2S.ClH/c1-4(6)2-3-5(7)8;/h2-3H2,1H3,(H,7,8);1H. The highest BCUT2D eigenvalue weighted by molar-refractivity contribution is 7.96. The van der Waals surface area contributed by atoms with Crippen LogP contribution in [0.3, 0.4) is 0 Å². The zero-order valence-corrected chi connectivity index (χ0v) is 6.80. The maximum absolute atomic E-state index is 10.2. The molecular formula is C5H9ClO2S. The predicted molar refractivity (Wildman–Crippen MR) is 41.2 cm³/mol. The normalized spacial score (nSPS) is 7.78. The van der Waals surface area contributed by atoms with E-state index in [4.69, 9.17) is 0 Å². The summed E-state index contributed by atoms with van der Waals surface area (Å²) >= 11 is 3.48. The molecular weight excluding hydrogens is 160 g/mol. The minimum Gasteiger partial charge on any atom is -0.300 e. The molecule has 0 aromatic heterocycles. The number of hydrogen-bond acceptors (Lipinski definition) is 2. The molecule has 0 aromatic carbocycles. The van der Waals surface area contributed by atoms with Gasteiger partial charge < -0.3 is 4.79 Å². The van der Waals surface area contributed by atoms with Gasteiger partial charge in [0.25, 0.3) is 0 Å². The van der Waals surface area contributed by atoms with Gasteiger partial charge in [0.15, 0.2) is 5.12 Å². The van der Waals surface area contributed by atoms with Gasteiger partial charge in [-0.25, -0.2) is 0 Å². The molecule has 4 heteroatoms. The number of thiol groups is 1. The summed E-state index contributed by atoms with van der Waals surface area (Å²) in [5.74, 6) is 0.0346. The molecule has 0 rings (SSSR count). The zero-order valence-electron chi connectivity index (χ0n) is 5.09. The van der Waals surface area contributed by atoms with Gasteiger partial charge in [0.2, 0.25) is 0 Å². The van der Waals surface area contributed by atoms with Crippen molar-refractivity contribution < 1.29 is 9.59 Å². The third kappa shape index (κ3) is 11.5. The van der Waals surface area contributed by atoms with E-state index in [1.165, 1.54) is 6.92 Å². The van der Waals surface area contributed by atoms with Crippen molar-refractivity contribution in [3.63, 3.8) is 0 Å². The molecule has 0 aliphatic carbocycles. The number of hydrogen-bond donors (Lipinski definition) is 1. The summed E-state index contributed by atoms with van der Waals surface area (Å²) in [7, 11) is 0. The summed E-state index contributed by atoms with van der Waals surface area (Å²) in [6.07, 6.45) is 0.584. The van der Waals surface area contributed by atoms with Crippen molar-refractivity contribution in [2.75, 3.05) is 0 Å². The van der Waals surface area contributed by atoms with Crippen LogP contribution in [0.4, 0.5) is 0 Å². The van der Waals surface area contributed by atoms with Crippen LogP contribution < -0.4 is 0 Å². The summed E-state index contributed by atoms with van der Waals surface area (Å²) in [5.41, 5.74) is 0. The lowest BCUT2D eigenvalue weighted by atomic mass is 10.2. The molecule has 0 fully saturated rings. The van der Waals surface area contributed by atoms with Crippen LogP contribution >= 0.6 is 25.0 Å². The van der Waals surface area contributed by atoms with Crippen LogP contribution in [0, 0.1) is 0 Å². The van der Waals surface area contributed by atoms with Crippen LogP contribution in [0.5, 0.6) is 0 Å². The molecule has 0 spiro atoms. The Morgan fingerprint density at radius 2 is 1.78 bits per heavy atom. The molecule has 0 saturated carbocycles. The third-order valence-corrected chi connectivity index (χ3v) is 0.915. The quantitative estimate of drug-likeness (QED) is 0.644. The Morgan fingerprint density at radius 3 is 1.89 bits per heavy atom. The summed E-state index contributed by atoms with van der Waals surface area (Å²) in [4.78, 5) is 20.2. The monoisotopic (exact) mass is 168 g/mol. The van der Waals surface area contributed by atoms with E-state index in [1.54, 1.807) is 0 Å². The first-order chi connectivity index (χ1) is 3.63. The van der Waals surface area contributed by atoms with Crippen molar-refractivity contribution in [2.45, 2.75) is 19.8 Å². The minimum atomic E-state index is -0.222. The van der Waals surface area contributed by atoms with Gasteiger partial charge in [0.1, 0.15) is 5.78 Å². The van der Waals surface area contributed by atoms with Gasteiger partial charge in [-0.2, -0.15) is 0 Å². The summed E-state index contributed by atoms with van der Waals surface area (Å²) in [6.45, 7) is 1.46. The fraction of sp³-hybridized carbons (Fsp3) is 0.600. The Balaban J connectivity index is 0. The van der Waals surface area contributed by atoms with E-state index in [9.17, 15) is 9.59 Å². The molecule has 0 aliphatic rings. The van der Waals surface area contributed by atoms with Crippen molar-refractivity contribution in [3.05, 3.63) is 0 Å². The van der Waals surface area contributed by atoms with E-state index in [-0.39, 0.29) is 29.7 Å². The Morgan fingerprint density at radius 1 is 1.33 bits per heavy atom. The van der Waals surface area contributed by atoms with Gasteiger partial charge in [-0.1, -0.05) is 0 Å². The molecule has 0 N–H and O–H groups in total. The maximum Gasteiger partial charge on any atom is 0.186 e. The molecule has 0 aromatic rings. The molecule has 0 aliphatic heterocycles. The highest BCUT2D eigenvalue weighted by Gasteiger charge is 1.96. The summed E-state index contributed by atoms with van der Waals surface area (Å²) in [6, 6.07) is 0. The zero-order chi connectivity index (χ0) is 6.57. The van der Waals surface area contributed by atoms with Crippen LogP contribution in [0.2, 0.25) is 0 Å². The van der Waals surface area contributed by atoms with Crippen LogP contribution in [0.25, 0.3) is 0 Å². The summed E-state index contributed by atoms with van der Waals surface area (Å²) in [5, 5.41) is -0.222. The van der Waals surface area contributed by atoms with Crippen molar-refractivity contribution in [3.8, 4) is 0 Å². The van der Waals surface area contributed by atoms with E-state index in [0.29, 0.717) is 6.42 Å². The Kier molecular flexibility index (Phi) is 7.96. The van der Waals surface area contributed by atoms with E-state index >= 15 is 0 Å². The predicted octanol–water partition coefficient (Wildman–Crippen LogP) is 1.23. The van der Waals surface area contributed by atoms with E-state index in [0.717, 1.165) is 0 Å². The van der Waals surface area contributed by atoms with Gasteiger partial charge in [-0.05, 0) is 6.92 Å². The number of rotatable bonds is 3.